The Morgan fingerprint density at radius 3 is 2.75 bits per heavy atom. The van der Waals surface area contributed by atoms with Gasteiger partial charge in [0.25, 0.3) is 0 Å². The lowest BCUT2D eigenvalue weighted by Gasteiger charge is -2.26. The molecule has 2 rings (SSSR count). The summed E-state index contributed by atoms with van der Waals surface area (Å²) in [5, 5.41) is 8.99. The van der Waals surface area contributed by atoms with E-state index in [0.717, 1.165) is 12.8 Å². The average Bonchev–Trinajstić information content (AvgIpc) is 2.48. The van der Waals surface area contributed by atoms with E-state index in [-0.39, 0.29) is 10.6 Å². The van der Waals surface area contributed by atoms with Crippen LogP contribution in [0.15, 0.2) is 23.2 Å². The molecule has 1 saturated carbocycles. The van der Waals surface area contributed by atoms with Crippen molar-refractivity contribution in [3.05, 3.63) is 24.0 Å². The Morgan fingerprint density at radius 2 is 2.10 bits per heavy atom. The van der Waals surface area contributed by atoms with Crippen LogP contribution in [0.3, 0.4) is 0 Å². The minimum absolute atomic E-state index is 0.000749. The van der Waals surface area contributed by atoms with Gasteiger partial charge in [0, 0.05) is 19.8 Å². The van der Waals surface area contributed by atoms with Crippen molar-refractivity contribution in [1.82, 2.24) is 9.29 Å². The first kappa shape index (κ1) is 14.9. The second-order valence-electron chi connectivity index (χ2n) is 5.25. The molecule has 5 nitrogen and oxygen atoms in total. The summed E-state index contributed by atoms with van der Waals surface area (Å²) in [5.41, 5.74) is -0.0389. The summed E-state index contributed by atoms with van der Waals surface area (Å²) in [5.74, 6) is 0.422. The van der Waals surface area contributed by atoms with Crippen molar-refractivity contribution in [2.45, 2.75) is 37.0 Å². The summed E-state index contributed by atoms with van der Waals surface area (Å²) in [6, 6.07) is 4.83. The van der Waals surface area contributed by atoms with Gasteiger partial charge in [-0.15, -0.1) is 0 Å². The van der Waals surface area contributed by atoms with Crippen LogP contribution >= 0.6 is 0 Å². The van der Waals surface area contributed by atoms with Crippen molar-refractivity contribution in [2.75, 3.05) is 13.6 Å². The molecule has 0 spiro atoms. The van der Waals surface area contributed by atoms with Gasteiger partial charge >= 0.3 is 0 Å². The second kappa shape index (κ2) is 6.33. The van der Waals surface area contributed by atoms with Gasteiger partial charge in [-0.1, -0.05) is 19.3 Å². The maximum absolute atomic E-state index is 12.5. The van der Waals surface area contributed by atoms with Crippen LogP contribution in [0.4, 0.5) is 0 Å². The number of rotatable bonds is 4. The van der Waals surface area contributed by atoms with Crippen molar-refractivity contribution in [2.24, 2.45) is 5.92 Å². The van der Waals surface area contributed by atoms with Crippen LogP contribution in [-0.4, -0.2) is 31.3 Å². The van der Waals surface area contributed by atoms with Crippen molar-refractivity contribution in [3.8, 4) is 6.07 Å². The largest absolute Gasteiger partial charge is 0.245 e. The van der Waals surface area contributed by atoms with Crippen molar-refractivity contribution in [1.29, 1.82) is 5.26 Å². The van der Waals surface area contributed by atoms with Gasteiger partial charge in [-0.25, -0.2) is 17.7 Å². The Labute approximate surface area is 120 Å². The van der Waals surface area contributed by atoms with E-state index in [1.54, 1.807) is 13.1 Å². The molecular weight excluding hydrogens is 274 g/mol. The molecule has 0 bridgehead atoms. The fourth-order valence-corrected chi connectivity index (χ4v) is 4.02. The van der Waals surface area contributed by atoms with Crippen LogP contribution in [0.25, 0.3) is 0 Å². The SMILES string of the molecule is CN(CC1CCCCC1)S(=O)(=O)c1cccnc1C#N. The lowest BCUT2D eigenvalue weighted by molar-refractivity contribution is 0.300. The van der Waals surface area contributed by atoms with Crippen LogP contribution in [0.5, 0.6) is 0 Å². The third-order valence-corrected chi connectivity index (χ3v) is 5.66. The Bertz CT molecular complexity index is 601. The van der Waals surface area contributed by atoms with Crippen LogP contribution in [-0.2, 0) is 10.0 Å². The van der Waals surface area contributed by atoms with Crippen LogP contribution in [0.2, 0.25) is 0 Å². The third-order valence-electron chi connectivity index (χ3n) is 3.80. The van der Waals surface area contributed by atoms with E-state index in [2.05, 4.69) is 4.98 Å². The van der Waals surface area contributed by atoms with Crippen molar-refractivity contribution < 1.29 is 8.42 Å². The molecule has 0 amide bonds. The normalized spacial score (nSPS) is 17.1. The predicted octanol–water partition coefficient (Wildman–Crippen LogP) is 2.15. The molecule has 0 saturated heterocycles. The van der Waals surface area contributed by atoms with Gasteiger partial charge in [-0.3, -0.25) is 0 Å². The molecule has 6 heteroatoms. The van der Waals surface area contributed by atoms with E-state index in [4.69, 9.17) is 5.26 Å². The van der Waals surface area contributed by atoms with Gasteiger partial charge in [0.2, 0.25) is 10.0 Å². The molecule has 1 aromatic heterocycles. The lowest BCUT2D eigenvalue weighted by Crippen LogP contribution is -2.33. The van der Waals surface area contributed by atoms with Crippen LogP contribution in [0.1, 0.15) is 37.8 Å². The molecule has 20 heavy (non-hydrogen) atoms. The van der Waals surface area contributed by atoms with Gasteiger partial charge < -0.3 is 0 Å². The van der Waals surface area contributed by atoms with Gasteiger partial charge in [0.1, 0.15) is 11.0 Å². The Hall–Kier alpha value is -1.45. The topological polar surface area (TPSA) is 74.1 Å². The number of nitriles is 1. The number of sulfonamides is 1. The molecule has 1 aliphatic rings. The fourth-order valence-electron chi connectivity index (χ4n) is 2.68. The van der Waals surface area contributed by atoms with Crippen LogP contribution < -0.4 is 0 Å². The second-order valence-corrected chi connectivity index (χ2v) is 7.26. The van der Waals surface area contributed by atoms with Crippen molar-refractivity contribution >= 4 is 10.0 Å². The molecule has 1 fully saturated rings. The summed E-state index contributed by atoms with van der Waals surface area (Å²) in [6.07, 6.45) is 7.19. The molecule has 1 aromatic rings. The maximum atomic E-state index is 12.5. The van der Waals surface area contributed by atoms with Gasteiger partial charge in [0.05, 0.1) is 0 Å². The van der Waals surface area contributed by atoms with Crippen LogP contribution in [0, 0.1) is 17.2 Å². The van der Waals surface area contributed by atoms with E-state index >= 15 is 0 Å². The zero-order chi connectivity index (χ0) is 14.6. The molecule has 0 aliphatic heterocycles. The van der Waals surface area contributed by atoms with E-state index in [0.29, 0.717) is 12.5 Å². The zero-order valence-electron chi connectivity index (χ0n) is 11.6. The first-order chi connectivity index (χ1) is 9.55. The van der Waals surface area contributed by atoms with E-state index in [1.165, 1.54) is 35.8 Å². The monoisotopic (exact) mass is 293 g/mol. The predicted molar refractivity (Wildman–Crippen MR) is 75.3 cm³/mol. The maximum Gasteiger partial charge on any atom is 0.245 e. The van der Waals surface area contributed by atoms with Crippen molar-refractivity contribution in [3.63, 3.8) is 0 Å². The van der Waals surface area contributed by atoms with E-state index in [1.807, 2.05) is 6.07 Å². The van der Waals surface area contributed by atoms with Gasteiger partial charge in [-0.05, 0) is 30.9 Å². The number of aromatic nitrogens is 1. The molecule has 1 heterocycles. The first-order valence-corrected chi connectivity index (χ1v) is 8.31. The molecule has 0 atom stereocenters. The summed E-state index contributed by atoms with van der Waals surface area (Å²) < 4.78 is 26.4. The fraction of sp³-hybridized carbons (Fsp3) is 0.571. The summed E-state index contributed by atoms with van der Waals surface area (Å²) >= 11 is 0. The van der Waals surface area contributed by atoms with E-state index in [9.17, 15) is 8.42 Å². The molecule has 0 N–H and O–H groups in total. The Morgan fingerprint density at radius 1 is 1.40 bits per heavy atom. The molecule has 0 unspecified atom stereocenters. The summed E-state index contributed by atoms with van der Waals surface area (Å²) in [4.78, 5) is 3.83. The summed E-state index contributed by atoms with van der Waals surface area (Å²) in [6.45, 7) is 0.516. The first-order valence-electron chi connectivity index (χ1n) is 6.87. The molecular formula is C14H19N3O2S. The van der Waals surface area contributed by atoms with Gasteiger partial charge in [-0.2, -0.15) is 5.26 Å². The standard InChI is InChI=1S/C14H19N3O2S/c1-17(11-12-6-3-2-4-7-12)20(18,19)14-8-5-9-16-13(14)10-15/h5,8-9,12H,2-4,6-7,11H2,1H3. The number of hydrogen-bond donors (Lipinski definition) is 0. The zero-order valence-corrected chi connectivity index (χ0v) is 12.4. The summed E-state index contributed by atoms with van der Waals surface area (Å²) in [7, 11) is -2.05. The third kappa shape index (κ3) is 3.17. The highest BCUT2D eigenvalue weighted by atomic mass is 32.2. The molecule has 0 radical (unpaired) electrons. The molecule has 108 valence electrons. The van der Waals surface area contributed by atoms with Gasteiger partial charge in [0.15, 0.2) is 5.69 Å². The molecule has 0 aromatic carbocycles. The Balaban J connectivity index is 2.19. The quantitative estimate of drug-likeness (QED) is 0.852. The van der Waals surface area contributed by atoms with E-state index < -0.39 is 10.0 Å². The minimum Gasteiger partial charge on any atom is -0.244 e. The lowest BCUT2D eigenvalue weighted by atomic mass is 9.89. The smallest absolute Gasteiger partial charge is 0.244 e. The number of pyridine rings is 1. The minimum atomic E-state index is -3.63. The highest BCUT2D eigenvalue weighted by Crippen LogP contribution is 2.26. The average molecular weight is 293 g/mol. The number of hydrogen-bond acceptors (Lipinski definition) is 4. The number of nitrogens with zero attached hydrogens (tertiary/aromatic N) is 3. The highest BCUT2D eigenvalue weighted by molar-refractivity contribution is 7.89. The highest BCUT2D eigenvalue weighted by Gasteiger charge is 2.27. The molecule has 1 aliphatic carbocycles. The Kier molecular flexibility index (Phi) is 4.73.